The zero-order chi connectivity index (χ0) is 18.4. The Balaban J connectivity index is 1.94. The monoisotopic (exact) mass is 350 g/mol. The molecule has 0 amide bonds. The highest BCUT2D eigenvalue weighted by Gasteiger charge is 2.35. The van der Waals surface area contributed by atoms with Gasteiger partial charge >= 0.3 is 5.97 Å². The molecule has 2 unspecified atom stereocenters. The molecule has 4 rings (SSSR count). The van der Waals surface area contributed by atoms with E-state index >= 15 is 0 Å². The number of aromatic nitrogens is 1. The predicted octanol–water partition coefficient (Wildman–Crippen LogP) is 3.48. The quantitative estimate of drug-likeness (QED) is 0.676. The number of methoxy groups -OCH3 is 1. The van der Waals surface area contributed by atoms with Crippen molar-refractivity contribution in [3.8, 4) is 5.75 Å². The van der Waals surface area contributed by atoms with Gasteiger partial charge in [-0.05, 0) is 42.7 Å². The summed E-state index contributed by atoms with van der Waals surface area (Å²) in [7, 11) is 1.65. The molecule has 1 aliphatic rings. The van der Waals surface area contributed by atoms with E-state index in [-0.39, 0.29) is 6.04 Å². The van der Waals surface area contributed by atoms with E-state index in [4.69, 9.17) is 4.74 Å². The lowest BCUT2D eigenvalue weighted by Gasteiger charge is -2.30. The lowest BCUT2D eigenvalue weighted by molar-refractivity contribution is -0.139. The molecule has 0 aliphatic carbocycles. The van der Waals surface area contributed by atoms with Crippen molar-refractivity contribution in [3.63, 3.8) is 0 Å². The minimum Gasteiger partial charge on any atom is -0.496 e. The van der Waals surface area contributed by atoms with E-state index in [0.717, 1.165) is 44.6 Å². The van der Waals surface area contributed by atoms with Gasteiger partial charge in [0.05, 0.1) is 13.2 Å². The second-order valence-corrected chi connectivity index (χ2v) is 6.94. The molecule has 5 nitrogen and oxygen atoms in total. The highest BCUT2D eigenvalue weighted by Crippen LogP contribution is 2.39. The molecule has 26 heavy (non-hydrogen) atoms. The topological polar surface area (TPSA) is 74.3 Å². The maximum absolute atomic E-state index is 11.8. The summed E-state index contributed by atoms with van der Waals surface area (Å²) in [6, 6.07) is 11.2. The largest absolute Gasteiger partial charge is 0.496 e. The van der Waals surface area contributed by atoms with Gasteiger partial charge in [-0.2, -0.15) is 0 Å². The molecule has 2 heterocycles. The summed E-state index contributed by atoms with van der Waals surface area (Å²) in [6.07, 6.45) is 0.457. The molecule has 0 bridgehead atoms. The summed E-state index contributed by atoms with van der Waals surface area (Å²) in [4.78, 5) is 15.3. The number of para-hydroxylation sites is 1. The first-order valence-electron chi connectivity index (χ1n) is 8.73. The zero-order valence-corrected chi connectivity index (χ0v) is 15.1. The van der Waals surface area contributed by atoms with E-state index < -0.39 is 12.0 Å². The van der Waals surface area contributed by atoms with E-state index in [1.165, 1.54) is 0 Å². The van der Waals surface area contributed by atoms with Crippen LogP contribution in [0.3, 0.4) is 0 Å². The molecule has 5 heteroatoms. The number of H-pyrrole nitrogens is 1. The fourth-order valence-electron chi connectivity index (χ4n) is 3.85. The number of carbonyl (C=O) groups is 1. The number of aromatic amines is 1. The number of carboxylic acid groups (broad SMARTS) is 1. The summed E-state index contributed by atoms with van der Waals surface area (Å²) in [5.41, 5.74) is 6.36. The first-order chi connectivity index (χ1) is 12.5. The average molecular weight is 350 g/mol. The highest BCUT2D eigenvalue weighted by atomic mass is 16.5. The number of fused-ring (bicyclic) bond motifs is 3. The molecule has 0 saturated heterocycles. The van der Waals surface area contributed by atoms with E-state index in [0.29, 0.717) is 6.42 Å². The first-order valence-corrected chi connectivity index (χ1v) is 8.73. The Morgan fingerprint density at radius 3 is 2.65 bits per heavy atom. The molecule has 0 radical (unpaired) electrons. The molecular weight excluding hydrogens is 328 g/mol. The smallest absolute Gasteiger partial charge is 0.321 e. The van der Waals surface area contributed by atoms with Crippen LogP contribution in [0.2, 0.25) is 0 Å². The van der Waals surface area contributed by atoms with Crippen LogP contribution < -0.4 is 10.1 Å². The summed E-state index contributed by atoms with van der Waals surface area (Å²) in [5.74, 6) is -0.0741. The highest BCUT2D eigenvalue weighted by molar-refractivity contribution is 5.87. The predicted molar refractivity (Wildman–Crippen MR) is 101 cm³/mol. The fraction of sp³-hybridized carbons (Fsp3) is 0.286. The van der Waals surface area contributed by atoms with Crippen LogP contribution in [-0.4, -0.2) is 29.2 Å². The van der Waals surface area contributed by atoms with Crippen molar-refractivity contribution in [1.82, 2.24) is 10.3 Å². The Kier molecular flexibility index (Phi) is 3.96. The van der Waals surface area contributed by atoms with Crippen LogP contribution in [0, 0.1) is 13.8 Å². The molecule has 1 aromatic heterocycles. The molecule has 0 spiro atoms. The van der Waals surface area contributed by atoms with Crippen LogP contribution in [0.25, 0.3) is 10.9 Å². The average Bonchev–Trinajstić information content (AvgIpc) is 3.01. The molecule has 3 aromatic rings. The normalized spacial score (nSPS) is 19.3. The standard InChI is InChI=1S/C21H22N2O3/c1-11-8-15(18(26-3)9-12(11)2)20-19-14(10-17(23-20)21(24)25)13-6-4-5-7-16(13)22-19/h4-9,17,20,22-23H,10H2,1-3H3,(H,24,25). The molecule has 2 atom stereocenters. The van der Waals surface area contributed by atoms with Gasteiger partial charge in [0, 0.05) is 28.6 Å². The molecule has 0 saturated carbocycles. The van der Waals surface area contributed by atoms with Gasteiger partial charge in [-0.25, -0.2) is 0 Å². The van der Waals surface area contributed by atoms with Crippen molar-refractivity contribution in [3.05, 3.63) is 64.3 Å². The summed E-state index contributed by atoms with van der Waals surface area (Å²) in [5, 5.41) is 14.0. The Morgan fingerprint density at radius 1 is 1.19 bits per heavy atom. The van der Waals surface area contributed by atoms with Crippen molar-refractivity contribution in [2.45, 2.75) is 32.4 Å². The Morgan fingerprint density at radius 2 is 1.92 bits per heavy atom. The maximum Gasteiger partial charge on any atom is 0.321 e. The van der Waals surface area contributed by atoms with E-state index in [1.54, 1.807) is 7.11 Å². The van der Waals surface area contributed by atoms with Crippen LogP contribution in [-0.2, 0) is 11.2 Å². The van der Waals surface area contributed by atoms with E-state index in [9.17, 15) is 9.90 Å². The van der Waals surface area contributed by atoms with Gasteiger partial charge in [-0.3, -0.25) is 10.1 Å². The third kappa shape index (κ3) is 2.56. The Bertz CT molecular complexity index is 1010. The van der Waals surface area contributed by atoms with Crippen LogP contribution in [0.15, 0.2) is 36.4 Å². The van der Waals surface area contributed by atoms with Crippen molar-refractivity contribution in [2.24, 2.45) is 0 Å². The van der Waals surface area contributed by atoms with Gasteiger partial charge in [0.15, 0.2) is 0 Å². The molecule has 2 aromatic carbocycles. The SMILES string of the molecule is COc1cc(C)c(C)cc1C1NC(C(=O)O)Cc2c1[nH]c1ccccc21. The molecule has 0 fully saturated rings. The molecule has 1 aliphatic heterocycles. The van der Waals surface area contributed by atoms with Crippen molar-refractivity contribution in [1.29, 1.82) is 0 Å². The number of benzene rings is 2. The van der Waals surface area contributed by atoms with Crippen molar-refractivity contribution < 1.29 is 14.6 Å². The Hall–Kier alpha value is -2.79. The Labute approximate surface area is 152 Å². The number of nitrogens with one attached hydrogen (secondary N) is 2. The minimum atomic E-state index is -0.839. The van der Waals surface area contributed by atoms with Gasteiger partial charge in [-0.15, -0.1) is 0 Å². The number of hydrogen-bond acceptors (Lipinski definition) is 3. The fourth-order valence-corrected chi connectivity index (χ4v) is 3.85. The maximum atomic E-state index is 11.8. The van der Waals surface area contributed by atoms with Crippen molar-refractivity contribution >= 4 is 16.9 Å². The number of rotatable bonds is 3. The van der Waals surface area contributed by atoms with Gasteiger partial charge in [0.2, 0.25) is 0 Å². The minimum absolute atomic E-state index is 0.263. The van der Waals surface area contributed by atoms with Gasteiger partial charge < -0.3 is 14.8 Å². The zero-order valence-electron chi connectivity index (χ0n) is 15.1. The number of carboxylic acids is 1. The first kappa shape index (κ1) is 16.7. The lowest BCUT2D eigenvalue weighted by atomic mass is 9.88. The van der Waals surface area contributed by atoms with Crippen LogP contribution >= 0.6 is 0 Å². The second kappa shape index (κ2) is 6.18. The lowest BCUT2D eigenvalue weighted by Crippen LogP contribution is -2.45. The summed E-state index contributed by atoms with van der Waals surface area (Å²) in [6.45, 7) is 4.10. The molecular formula is C21H22N2O3. The number of hydrogen-bond donors (Lipinski definition) is 3. The van der Waals surface area contributed by atoms with E-state index in [2.05, 4.69) is 23.3 Å². The van der Waals surface area contributed by atoms with Gasteiger partial charge in [-0.1, -0.05) is 24.3 Å². The third-order valence-electron chi connectivity index (χ3n) is 5.37. The van der Waals surface area contributed by atoms with Crippen LogP contribution in [0.5, 0.6) is 5.75 Å². The molecule has 134 valence electrons. The van der Waals surface area contributed by atoms with Gasteiger partial charge in [0.1, 0.15) is 11.8 Å². The second-order valence-electron chi connectivity index (χ2n) is 6.94. The van der Waals surface area contributed by atoms with E-state index in [1.807, 2.05) is 37.3 Å². The van der Waals surface area contributed by atoms with Crippen LogP contribution in [0.4, 0.5) is 0 Å². The third-order valence-corrected chi connectivity index (χ3v) is 5.37. The number of aliphatic carboxylic acids is 1. The van der Waals surface area contributed by atoms with Crippen LogP contribution in [0.1, 0.15) is 34.0 Å². The summed E-state index contributed by atoms with van der Waals surface area (Å²) >= 11 is 0. The van der Waals surface area contributed by atoms with Crippen molar-refractivity contribution in [2.75, 3.05) is 7.11 Å². The van der Waals surface area contributed by atoms with Gasteiger partial charge in [0.25, 0.3) is 0 Å². The number of ether oxygens (including phenoxy) is 1. The molecule has 3 N–H and O–H groups in total. The summed E-state index contributed by atoms with van der Waals surface area (Å²) < 4.78 is 5.62. The number of aryl methyl sites for hydroxylation is 2.